The number of nitrogens with zero attached hydrogens (tertiary/aromatic N) is 5. The van der Waals surface area contributed by atoms with Crippen LogP contribution in [0.4, 0.5) is 0 Å². The van der Waals surface area contributed by atoms with Gasteiger partial charge in [0.1, 0.15) is 18.7 Å². The van der Waals surface area contributed by atoms with E-state index in [9.17, 15) is 0 Å². The molecule has 0 aliphatic heterocycles. The highest BCUT2D eigenvalue weighted by molar-refractivity contribution is 14.0. The summed E-state index contributed by atoms with van der Waals surface area (Å²) in [6.07, 6.45) is 2.62. The van der Waals surface area contributed by atoms with Crippen LogP contribution in [0.5, 0.6) is 0 Å². The Balaban J connectivity index is 0.00000288. The van der Waals surface area contributed by atoms with Gasteiger partial charge < -0.3 is 10.2 Å². The predicted octanol–water partition coefficient (Wildman–Crippen LogP) is 2.59. The third kappa shape index (κ3) is 5.77. The molecular formula is C17H27IN6. The summed E-state index contributed by atoms with van der Waals surface area (Å²) >= 11 is 0. The molecule has 0 radical (unpaired) electrons. The molecule has 132 valence electrons. The van der Waals surface area contributed by atoms with Gasteiger partial charge >= 0.3 is 0 Å². The Hall–Kier alpha value is -1.64. The van der Waals surface area contributed by atoms with Crippen LogP contribution in [0.3, 0.4) is 0 Å². The largest absolute Gasteiger partial charge is 0.357 e. The minimum atomic E-state index is 0. The lowest BCUT2D eigenvalue weighted by Crippen LogP contribution is -2.38. The molecule has 1 aromatic carbocycles. The summed E-state index contributed by atoms with van der Waals surface area (Å²) in [7, 11) is 3.93. The quantitative estimate of drug-likeness (QED) is 0.425. The first kappa shape index (κ1) is 20.4. The third-order valence-corrected chi connectivity index (χ3v) is 3.72. The number of aliphatic imine (C=N–C) groups is 1. The highest BCUT2D eigenvalue weighted by atomic mass is 127. The number of aromatic nitrogens is 3. The first-order chi connectivity index (χ1) is 11.1. The second-order valence-electron chi connectivity index (χ2n) is 5.50. The fourth-order valence-electron chi connectivity index (χ4n) is 2.31. The van der Waals surface area contributed by atoms with Crippen molar-refractivity contribution in [1.82, 2.24) is 25.0 Å². The van der Waals surface area contributed by atoms with Gasteiger partial charge in [-0.05, 0) is 24.5 Å². The Kier molecular flexibility index (Phi) is 8.73. The van der Waals surface area contributed by atoms with Crippen molar-refractivity contribution in [2.45, 2.75) is 33.4 Å². The number of halogens is 1. The molecule has 0 amide bonds. The molecule has 0 aliphatic rings. The van der Waals surface area contributed by atoms with Gasteiger partial charge in [-0.2, -0.15) is 5.10 Å². The molecule has 1 heterocycles. The van der Waals surface area contributed by atoms with E-state index in [1.54, 1.807) is 11.0 Å². The molecule has 1 N–H and O–H groups in total. The zero-order chi connectivity index (χ0) is 16.7. The van der Waals surface area contributed by atoms with Crippen molar-refractivity contribution in [3.63, 3.8) is 0 Å². The van der Waals surface area contributed by atoms with E-state index >= 15 is 0 Å². The van der Waals surface area contributed by atoms with Crippen LogP contribution in [0.25, 0.3) is 0 Å². The average Bonchev–Trinajstić information content (AvgIpc) is 2.97. The summed E-state index contributed by atoms with van der Waals surface area (Å²) in [5.41, 5.74) is 2.63. The van der Waals surface area contributed by atoms with Crippen molar-refractivity contribution in [3.05, 3.63) is 47.5 Å². The van der Waals surface area contributed by atoms with Gasteiger partial charge in [0, 0.05) is 27.2 Å². The molecule has 2 aromatic rings. The normalized spacial score (nSPS) is 11.1. The standard InChI is InChI=1S/C17H26N6.HI/c1-5-14-7-9-15(10-8-14)12-22(3)17(18-6-2)19-11-16-20-13-21-23(16)4;/h7-10,13H,5-6,11-12H2,1-4H3,(H,18,19);1H. The van der Waals surface area contributed by atoms with Crippen molar-refractivity contribution in [3.8, 4) is 0 Å². The van der Waals surface area contributed by atoms with Gasteiger partial charge in [0.15, 0.2) is 5.96 Å². The van der Waals surface area contributed by atoms with Crippen LogP contribution < -0.4 is 5.32 Å². The van der Waals surface area contributed by atoms with Gasteiger partial charge in [-0.3, -0.25) is 4.68 Å². The number of rotatable bonds is 6. The first-order valence-electron chi connectivity index (χ1n) is 8.04. The molecular weight excluding hydrogens is 415 g/mol. The molecule has 0 fully saturated rings. The molecule has 24 heavy (non-hydrogen) atoms. The number of nitrogens with one attached hydrogen (secondary N) is 1. The van der Waals surface area contributed by atoms with E-state index in [-0.39, 0.29) is 24.0 Å². The maximum absolute atomic E-state index is 4.65. The van der Waals surface area contributed by atoms with Crippen molar-refractivity contribution in [1.29, 1.82) is 0 Å². The minimum absolute atomic E-state index is 0. The molecule has 0 aliphatic carbocycles. The van der Waals surface area contributed by atoms with Crippen molar-refractivity contribution in [2.24, 2.45) is 12.0 Å². The maximum Gasteiger partial charge on any atom is 0.194 e. The monoisotopic (exact) mass is 442 g/mol. The van der Waals surface area contributed by atoms with E-state index in [2.05, 4.69) is 63.4 Å². The lowest BCUT2D eigenvalue weighted by Gasteiger charge is -2.22. The summed E-state index contributed by atoms with van der Waals surface area (Å²) < 4.78 is 1.75. The second-order valence-corrected chi connectivity index (χ2v) is 5.50. The first-order valence-corrected chi connectivity index (χ1v) is 8.04. The Morgan fingerprint density at radius 1 is 1.21 bits per heavy atom. The van der Waals surface area contributed by atoms with Gasteiger partial charge in [0.2, 0.25) is 0 Å². The topological polar surface area (TPSA) is 58.3 Å². The van der Waals surface area contributed by atoms with Crippen molar-refractivity contribution >= 4 is 29.9 Å². The molecule has 0 saturated heterocycles. The highest BCUT2D eigenvalue weighted by Gasteiger charge is 2.07. The molecule has 0 bridgehead atoms. The maximum atomic E-state index is 4.65. The smallest absolute Gasteiger partial charge is 0.194 e. The van der Waals surface area contributed by atoms with E-state index < -0.39 is 0 Å². The van der Waals surface area contributed by atoms with Crippen LogP contribution >= 0.6 is 24.0 Å². The molecule has 7 heteroatoms. The summed E-state index contributed by atoms with van der Waals surface area (Å²) in [5.74, 6) is 1.72. The van der Waals surface area contributed by atoms with Crippen molar-refractivity contribution in [2.75, 3.05) is 13.6 Å². The Bertz CT molecular complexity index is 635. The molecule has 0 atom stereocenters. The Morgan fingerprint density at radius 3 is 2.42 bits per heavy atom. The number of hydrogen-bond acceptors (Lipinski definition) is 3. The summed E-state index contributed by atoms with van der Waals surface area (Å²) in [6.45, 7) is 6.40. The fourth-order valence-corrected chi connectivity index (χ4v) is 2.31. The average molecular weight is 442 g/mol. The number of aryl methyl sites for hydroxylation is 2. The predicted molar refractivity (Wildman–Crippen MR) is 109 cm³/mol. The Morgan fingerprint density at radius 2 is 1.88 bits per heavy atom. The Labute approximate surface area is 161 Å². The third-order valence-electron chi connectivity index (χ3n) is 3.72. The zero-order valence-corrected chi connectivity index (χ0v) is 17.2. The van der Waals surface area contributed by atoms with Crippen LogP contribution in [0.15, 0.2) is 35.6 Å². The van der Waals surface area contributed by atoms with E-state index in [4.69, 9.17) is 0 Å². The highest BCUT2D eigenvalue weighted by Crippen LogP contribution is 2.08. The molecule has 2 rings (SSSR count). The zero-order valence-electron chi connectivity index (χ0n) is 14.9. The van der Waals surface area contributed by atoms with Crippen LogP contribution in [0.2, 0.25) is 0 Å². The number of hydrogen-bond donors (Lipinski definition) is 1. The van der Waals surface area contributed by atoms with Crippen LogP contribution in [0.1, 0.15) is 30.8 Å². The van der Waals surface area contributed by atoms with Crippen LogP contribution in [-0.4, -0.2) is 39.2 Å². The van der Waals surface area contributed by atoms with Crippen molar-refractivity contribution < 1.29 is 0 Å². The minimum Gasteiger partial charge on any atom is -0.357 e. The molecule has 0 spiro atoms. The summed E-state index contributed by atoms with van der Waals surface area (Å²) in [4.78, 5) is 11.0. The van der Waals surface area contributed by atoms with E-state index in [1.807, 2.05) is 14.1 Å². The van der Waals surface area contributed by atoms with Gasteiger partial charge in [0.05, 0.1) is 0 Å². The lowest BCUT2D eigenvalue weighted by atomic mass is 10.1. The van der Waals surface area contributed by atoms with Gasteiger partial charge in [-0.25, -0.2) is 9.98 Å². The molecule has 0 saturated carbocycles. The van der Waals surface area contributed by atoms with Crippen LogP contribution in [-0.2, 0) is 26.6 Å². The SMILES string of the molecule is CCNC(=NCc1ncnn1C)N(C)Cc1ccc(CC)cc1.I. The number of guanidine groups is 1. The summed E-state index contributed by atoms with van der Waals surface area (Å²) in [6, 6.07) is 8.74. The van der Waals surface area contributed by atoms with E-state index in [0.717, 1.165) is 31.3 Å². The fraction of sp³-hybridized carbons (Fsp3) is 0.471. The molecule has 6 nitrogen and oxygen atoms in total. The second kappa shape index (κ2) is 10.3. The van der Waals surface area contributed by atoms with Gasteiger partial charge in [-0.15, -0.1) is 24.0 Å². The van der Waals surface area contributed by atoms with Crippen LogP contribution in [0, 0.1) is 0 Å². The molecule has 0 unspecified atom stereocenters. The summed E-state index contributed by atoms with van der Waals surface area (Å²) in [5, 5.41) is 7.40. The lowest BCUT2D eigenvalue weighted by molar-refractivity contribution is 0.476. The van der Waals surface area contributed by atoms with E-state index in [1.165, 1.54) is 11.1 Å². The van der Waals surface area contributed by atoms with Gasteiger partial charge in [-0.1, -0.05) is 31.2 Å². The van der Waals surface area contributed by atoms with E-state index in [0.29, 0.717) is 6.54 Å². The molecule has 1 aromatic heterocycles. The number of benzene rings is 1. The van der Waals surface area contributed by atoms with Gasteiger partial charge in [0.25, 0.3) is 0 Å².